The fourth-order valence-electron chi connectivity index (χ4n) is 1.61. The smallest absolute Gasteiger partial charge is 0.330 e. The summed E-state index contributed by atoms with van der Waals surface area (Å²) >= 11 is 0. The van der Waals surface area contributed by atoms with Crippen LogP contribution in [-0.4, -0.2) is 13.1 Å². The Balaban J connectivity index is 2.47. The average molecular weight is 194 g/mol. The molecule has 0 aromatic carbocycles. The summed E-state index contributed by atoms with van der Waals surface area (Å²) in [5, 5.41) is 0. The van der Waals surface area contributed by atoms with Crippen LogP contribution in [0.3, 0.4) is 0 Å². The van der Waals surface area contributed by atoms with Crippen LogP contribution >= 0.6 is 0 Å². The van der Waals surface area contributed by atoms with E-state index in [9.17, 15) is 4.79 Å². The number of rotatable bonds is 2. The molecule has 0 saturated carbocycles. The third-order valence-corrected chi connectivity index (χ3v) is 2.46. The molecule has 2 heteroatoms. The molecule has 1 aliphatic rings. The van der Waals surface area contributed by atoms with E-state index in [1.54, 1.807) is 0 Å². The maximum atomic E-state index is 10.9. The van der Waals surface area contributed by atoms with Gasteiger partial charge in [0.2, 0.25) is 0 Å². The normalized spacial score (nSPS) is 22.2. The second-order valence-corrected chi connectivity index (χ2v) is 3.59. The summed E-state index contributed by atoms with van der Waals surface area (Å²) < 4.78 is 4.54. The number of esters is 1. The van der Waals surface area contributed by atoms with Gasteiger partial charge in [-0.15, -0.1) is 0 Å². The maximum Gasteiger partial charge on any atom is 0.330 e. The molecule has 0 atom stereocenters. The van der Waals surface area contributed by atoms with E-state index >= 15 is 0 Å². The van der Waals surface area contributed by atoms with Gasteiger partial charge in [-0.2, -0.15) is 0 Å². The Morgan fingerprint density at radius 1 is 1.36 bits per heavy atom. The van der Waals surface area contributed by atoms with Gasteiger partial charge in [0.25, 0.3) is 0 Å². The second-order valence-electron chi connectivity index (χ2n) is 3.59. The van der Waals surface area contributed by atoms with Crippen molar-refractivity contribution in [2.24, 2.45) is 0 Å². The maximum absolute atomic E-state index is 10.9. The monoisotopic (exact) mass is 194 g/mol. The zero-order valence-electron chi connectivity index (χ0n) is 8.79. The van der Waals surface area contributed by atoms with Gasteiger partial charge in [0.05, 0.1) is 7.11 Å². The summed E-state index contributed by atoms with van der Waals surface area (Å²) in [7, 11) is 1.40. The first-order chi connectivity index (χ1) is 6.83. The van der Waals surface area contributed by atoms with Gasteiger partial charge in [0.1, 0.15) is 0 Å². The van der Waals surface area contributed by atoms with Gasteiger partial charge in [-0.25, -0.2) is 4.79 Å². The molecule has 1 aliphatic carbocycles. The molecule has 0 bridgehead atoms. The molecule has 0 N–H and O–H groups in total. The third kappa shape index (κ3) is 4.26. The average Bonchev–Trinajstić information content (AvgIpc) is 2.15. The minimum Gasteiger partial charge on any atom is -0.466 e. The van der Waals surface area contributed by atoms with Crippen molar-refractivity contribution >= 4 is 5.97 Å². The van der Waals surface area contributed by atoms with Gasteiger partial charge in [0, 0.05) is 6.08 Å². The number of allylic oxidation sites excluding steroid dienone is 3. The van der Waals surface area contributed by atoms with E-state index in [1.165, 1.54) is 44.4 Å². The molecule has 0 amide bonds. The lowest BCUT2D eigenvalue weighted by Crippen LogP contribution is -1.94. The van der Waals surface area contributed by atoms with Crippen molar-refractivity contribution in [2.45, 2.75) is 38.5 Å². The molecule has 0 aromatic heterocycles. The van der Waals surface area contributed by atoms with Crippen molar-refractivity contribution in [1.82, 2.24) is 0 Å². The minimum absolute atomic E-state index is 0.270. The molecular weight excluding hydrogens is 176 g/mol. The van der Waals surface area contributed by atoms with Crippen LogP contribution in [0.25, 0.3) is 0 Å². The highest BCUT2D eigenvalue weighted by Gasteiger charge is 1.99. The van der Waals surface area contributed by atoms with Gasteiger partial charge in [-0.1, -0.05) is 30.6 Å². The van der Waals surface area contributed by atoms with Crippen LogP contribution in [0.5, 0.6) is 0 Å². The first-order valence-corrected chi connectivity index (χ1v) is 5.28. The summed E-state index contributed by atoms with van der Waals surface area (Å²) in [5.74, 6) is -0.270. The van der Waals surface area contributed by atoms with Gasteiger partial charge < -0.3 is 4.74 Å². The molecule has 0 spiro atoms. The molecule has 78 valence electrons. The lowest BCUT2D eigenvalue weighted by molar-refractivity contribution is -0.134. The van der Waals surface area contributed by atoms with Crippen LogP contribution in [0, 0.1) is 0 Å². The van der Waals surface area contributed by atoms with Gasteiger partial charge >= 0.3 is 5.97 Å². The molecular formula is C12H18O2. The Bertz CT molecular complexity index is 239. The van der Waals surface area contributed by atoms with Crippen LogP contribution in [-0.2, 0) is 9.53 Å². The van der Waals surface area contributed by atoms with E-state index in [2.05, 4.69) is 10.8 Å². The Hall–Kier alpha value is -1.05. The van der Waals surface area contributed by atoms with E-state index in [0.717, 1.165) is 12.8 Å². The molecule has 0 aliphatic heterocycles. The number of ether oxygens (including phenoxy) is 1. The lowest BCUT2D eigenvalue weighted by atomic mass is 10.00. The van der Waals surface area contributed by atoms with Gasteiger partial charge in [-0.05, 0) is 25.7 Å². The van der Waals surface area contributed by atoms with Crippen LogP contribution < -0.4 is 0 Å². The van der Waals surface area contributed by atoms with Crippen molar-refractivity contribution in [3.05, 3.63) is 23.8 Å². The molecule has 0 radical (unpaired) electrons. The SMILES string of the molecule is COC(=O)/C=C/C1=C/CCCCCC1. The molecule has 1 rings (SSSR count). The molecule has 0 unspecified atom stereocenters. The number of carbonyl (C=O) groups is 1. The zero-order valence-corrected chi connectivity index (χ0v) is 8.79. The summed E-state index contributed by atoms with van der Waals surface area (Å²) in [5.41, 5.74) is 1.27. The minimum atomic E-state index is -0.270. The Kier molecular flexibility index (Phi) is 5.05. The molecule has 0 aromatic rings. The van der Waals surface area contributed by atoms with Gasteiger partial charge in [0.15, 0.2) is 0 Å². The van der Waals surface area contributed by atoms with E-state index in [1.807, 2.05) is 6.08 Å². The van der Waals surface area contributed by atoms with Crippen LogP contribution in [0.2, 0.25) is 0 Å². The number of hydrogen-bond donors (Lipinski definition) is 0. The van der Waals surface area contributed by atoms with E-state index in [0.29, 0.717) is 0 Å². The van der Waals surface area contributed by atoms with Crippen molar-refractivity contribution in [3.8, 4) is 0 Å². The number of carbonyl (C=O) groups excluding carboxylic acids is 1. The van der Waals surface area contributed by atoms with Crippen molar-refractivity contribution < 1.29 is 9.53 Å². The second kappa shape index (κ2) is 6.41. The molecule has 0 fully saturated rings. The highest BCUT2D eigenvalue weighted by molar-refractivity contribution is 5.82. The fraction of sp³-hybridized carbons (Fsp3) is 0.583. The predicted molar refractivity (Wildman–Crippen MR) is 56.9 cm³/mol. The highest BCUT2D eigenvalue weighted by atomic mass is 16.5. The summed E-state index contributed by atoms with van der Waals surface area (Å²) in [6.45, 7) is 0. The van der Waals surface area contributed by atoms with Crippen molar-refractivity contribution in [3.63, 3.8) is 0 Å². The first-order valence-electron chi connectivity index (χ1n) is 5.28. The third-order valence-electron chi connectivity index (χ3n) is 2.46. The Morgan fingerprint density at radius 3 is 2.93 bits per heavy atom. The highest BCUT2D eigenvalue weighted by Crippen LogP contribution is 2.17. The molecule has 0 saturated heterocycles. The van der Waals surface area contributed by atoms with Crippen LogP contribution in [0.15, 0.2) is 23.8 Å². The number of methoxy groups -OCH3 is 1. The van der Waals surface area contributed by atoms with E-state index in [4.69, 9.17) is 0 Å². The molecule has 0 heterocycles. The Labute approximate surface area is 85.6 Å². The topological polar surface area (TPSA) is 26.3 Å². The number of hydrogen-bond acceptors (Lipinski definition) is 2. The first kappa shape index (κ1) is 11.0. The van der Waals surface area contributed by atoms with Crippen LogP contribution in [0.4, 0.5) is 0 Å². The lowest BCUT2D eigenvalue weighted by Gasteiger charge is -2.07. The van der Waals surface area contributed by atoms with Crippen molar-refractivity contribution in [2.75, 3.05) is 7.11 Å². The quantitative estimate of drug-likeness (QED) is 0.499. The summed E-state index contributed by atoms with van der Waals surface area (Å²) in [6, 6.07) is 0. The predicted octanol–water partition coefficient (Wildman–Crippen LogP) is 3.00. The fourth-order valence-corrected chi connectivity index (χ4v) is 1.61. The van der Waals surface area contributed by atoms with E-state index in [-0.39, 0.29) is 5.97 Å². The summed E-state index contributed by atoms with van der Waals surface area (Å²) in [6.07, 6.45) is 13.0. The molecule has 2 nitrogen and oxygen atoms in total. The Morgan fingerprint density at radius 2 is 2.14 bits per heavy atom. The zero-order chi connectivity index (χ0) is 10.2. The molecule has 14 heavy (non-hydrogen) atoms. The van der Waals surface area contributed by atoms with Gasteiger partial charge in [-0.3, -0.25) is 0 Å². The standard InChI is InChI=1S/C12H18O2/c1-14-12(13)10-9-11-7-5-3-2-4-6-8-11/h7,9-10H,2-6,8H2,1H3/b10-9+,11-7+. The van der Waals surface area contributed by atoms with Crippen molar-refractivity contribution in [1.29, 1.82) is 0 Å². The largest absolute Gasteiger partial charge is 0.466 e. The van der Waals surface area contributed by atoms with E-state index < -0.39 is 0 Å². The summed E-state index contributed by atoms with van der Waals surface area (Å²) in [4.78, 5) is 10.9. The van der Waals surface area contributed by atoms with Crippen LogP contribution in [0.1, 0.15) is 38.5 Å².